The van der Waals surface area contributed by atoms with Gasteiger partial charge in [-0.1, -0.05) is 142 Å². The van der Waals surface area contributed by atoms with E-state index in [-0.39, 0.29) is 36.2 Å². The Morgan fingerprint density at radius 1 is 0.667 bits per heavy atom. The number of ether oxygens (including phenoxy) is 2. The number of rotatable bonds is 33. The van der Waals surface area contributed by atoms with E-state index in [9.17, 15) is 19.0 Å². The highest BCUT2D eigenvalue weighted by Crippen LogP contribution is 2.29. The molecule has 9 nitrogen and oxygen atoms in total. The number of esters is 2. The Labute approximate surface area is 276 Å². The van der Waals surface area contributed by atoms with Gasteiger partial charge in [-0.05, 0) is 12.8 Å². The molecule has 0 spiro atoms. The second kappa shape index (κ2) is 29.2. The highest BCUT2D eigenvalue weighted by Gasteiger charge is 2.27. The molecule has 45 heavy (non-hydrogen) atoms. The molecule has 10 heteroatoms. The van der Waals surface area contributed by atoms with E-state index >= 15 is 0 Å². The predicted molar refractivity (Wildman–Crippen MR) is 181 cm³/mol. The Morgan fingerprint density at radius 2 is 1.04 bits per heavy atom. The number of phosphoric ester groups is 1. The number of quaternary nitrogens is 1. The van der Waals surface area contributed by atoms with Crippen molar-refractivity contribution >= 4 is 19.8 Å². The molecule has 0 saturated heterocycles. The summed E-state index contributed by atoms with van der Waals surface area (Å²) in [6.07, 6.45) is 26.5. The zero-order valence-electron chi connectivity index (χ0n) is 29.6. The molecule has 0 aliphatic rings. The maximum absolute atomic E-state index is 12.7. The van der Waals surface area contributed by atoms with E-state index in [0.717, 1.165) is 38.5 Å². The first-order valence-electron chi connectivity index (χ1n) is 18.3. The van der Waals surface area contributed by atoms with Crippen LogP contribution >= 0.6 is 7.82 Å². The molecule has 0 bridgehead atoms. The van der Waals surface area contributed by atoms with Gasteiger partial charge in [0.2, 0.25) is 0 Å². The molecule has 0 radical (unpaired) electrons. The standard InChI is InChI=1S/C35H70NO8P/c1-5-7-9-11-13-15-17-19-21-23-25-27-34(37)42-32-33(31-36(3,4)29-30-43-45(39,40)41)44-35(38)28-26-24-22-20-18-16-14-12-10-8-6-2/h33H,5-32H2,1-4H3,(H-,39,40,41). The summed E-state index contributed by atoms with van der Waals surface area (Å²) in [6, 6.07) is 0. The SMILES string of the molecule is CCCCCCCCCCCCCC(=O)OCC(C[N+](C)(C)CCOP(=O)([O-])O)OC(=O)CCCCCCCCCCCCC. The van der Waals surface area contributed by atoms with Crippen molar-refractivity contribution in [2.24, 2.45) is 0 Å². The van der Waals surface area contributed by atoms with Crippen LogP contribution < -0.4 is 4.89 Å². The number of likely N-dealkylation sites (N-methyl/N-ethyl adjacent to an activating group) is 1. The van der Waals surface area contributed by atoms with Crippen molar-refractivity contribution in [1.82, 2.24) is 0 Å². The maximum atomic E-state index is 12.7. The van der Waals surface area contributed by atoms with Crippen molar-refractivity contribution in [2.45, 2.75) is 174 Å². The summed E-state index contributed by atoms with van der Waals surface area (Å²) in [5.41, 5.74) is 0. The third kappa shape index (κ3) is 32.7. The number of carbonyl (C=O) groups excluding carboxylic acids is 2. The zero-order valence-corrected chi connectivity index (χ0v) is 30.5. The first-order valence-corrected chi connectivity index (χ1v) is 19.8. The molecule has 0 aromatic rings. The van der Waals surface area contributed by atoms with Gasteiger partial charge in [0.1, 0.15) is 26.3 Å². The maximum Gasteiger partial charge on any atom is 0.306 e. The lowest BCUT2D eigenvalue weighted by Gasteiger charge is -2.33. The molecule has 0 fully saturated rings. The van der Waals surface area contributed by atoms with E-state index in [2.05, 4.69) is 18.4 Å². The topological polar surface area (TPSA) is 122 Å². The summed E-state index contributed by atoms with van der Waals surface area (Å²) in [7, 11) is -1.13. The lowest BCUT2D eigenvalue weighted by atomic mass is 10.1. The largest absolute Gasteiger partial charge is 0.756 e. The number of hydrogen-bond acceptors (Lipinski definition) is 7. The van der Waals surface area contributed by atoms with E-state index < -0.39 is 13.9 Å². The Hall–Kier alpha value is -0.990. The molecule has 268 valence electrons. The van der Waals surface area contributed by atoms with Crippen molar-refractivity contribution in [3.05, 3.63) is 0 Å². The van der Waals surface area contributed by atoms with Gasteiger partial charge in [0.15, 0.2) is 6.10 Å². The average molecular weight is 664 g/mol. The molecule has 0 aromatic heterocycles. The number of nitrogens with zero attached hydrogens (tertiary/aromatic N) is 1. The van der Waals surface area contributed by atoms with E-state index in [1.165, 1.54) is 103 Å². The molecular formula is C35H70NO8P. The van der Waals surface area contributed by atoms with Crippen molar-refractivity contribution in [2.75, 3.05) is 40.4 Å². The molecule has 0 aliphatic carbocycles. The fourth-order valence-corrected chi connectivity index (χ4v) is 5.85. The molecule has 0 heterocycles. The van der Waals surface area contributed by atoms with Crippen LogP contribution in [0.2, 0.25) is 0 Å². The molecule has 0 aliphatic heterocycles. The molecule has 1 N–H and O–H groups in total. The first kappa shape index (κ1) is 44.0. The third-order valence-electron chi connectivity index (χ3n) is 8.35. The summed E-state index contributed by atoms with van der Waals surface area (Å²) in [5, 5.41) is 0. The van der Waals surface area contributed by atoms with Gasteiger partial charge in [-0.2, -0.15) is 0 Å². The quantitative estimate of drug-likeness (QED) is 0.0322. The number of hydrogen-bond donors (Lipinski definition) is 1. The van der Waals surface area contributed by atoms with Crippen LogP contribution in [0.4, 0.5) is 0 Å². The zero-order chi connectivity index (χ0) is 33.7. The normalized spacial score (nSPS) is 13.8. The lowest BCUT2D eigenvalue weighted by Crippen LogP contribution is -2.49. The highest BCUT2D eigenvalue weighted by atomic mass is 31.2. The van der Waals surface area contributed by atoms with Gasteiger partial charge >= 0.3 is 11.9 Å². The van der Waals surface area contributed by atoms with Gasteiger partial charge in [0.25, 0.3) is 7.82 Å². The molecule has 0 rings (SSSR count). The van der Waals surface area contributed by atoms with Crippen LogP contribution in [-0.4, -0.2) is 67.8 Å². The van der Waals surface area contributed by atoms with Crippen molar-refractivity contribution in [3.8, 4) is 0 Å². The number of unbranched alkanes of at least 4 members (excludes halogenated alkanes) is 20. The molecule has 2 atom stereocenters. The highest BCUT2D eigenvalue weighted by molar-refractivity contribution is 7.44. The van der Waals surface area contributed by atoms with Gasteiger partial charge < -0.3 is 28.3 Å². The van der Waals surface area contributed by atoms with Crippen molar-refractivity contribution in [1.29, 1.82) is 0 Å². The number of carbonyl (C=O) groups is 2. The Morgan fingerprint density at radius 3 is 1.44 bits per heavy atom. The van der Waals surface area contributed by atoms with Gasteiger partial charge in [0, 0.05) is 12.8 Å². The van der Waals surface area contributed by atoms with Gasteiger partial charge in [-0.25, -0.2) is 0 Å². The van der Waals surface area contributed by atoms with Crippen LogP contribution in [-0.2, 0) is 28.2 Å². The summed E-state index contributed by atoms with van der Waals surface area (Å²) in [5.74, 6) is -0.605. The lowest BCUT2D eigenvalue weighted by molar-refractivity contribution is -0.893. The van der Waals surface area contributed by atoms with Crippen LogP contribution in [0.1, 0.15) is 168 Å². The van der Waals surface area contributed by atoms with E-state index in [1.807, 2.05) is 14.1 Å². The summed E-state index contributed by atoms with van der Waals surface area (Å²) in [4.78, 5) is 45.0. The van der Waals surface area contributed by atoms with E-state index in [1.54, 1.807) is 0 Å². The number of phosphoric acid groups is 1. The Kier molecular flexibility index (Phi) is 28.5. The molecule has 0 saturated carbocycles. The van der Waals surface area contributed by atoms with Crippen molar-refractivity contribution < 1.29 is 42.4 Å². The smallest absolute Gasteiger partial charge is 0.306 e. The second-order valence-corrected chi connectivity index (χ2v) is 14.7. The second-order valence-electron chi connectivity index (χ2n) is 13.5. The summed E-state index contributed by atoms with van der Waals surface area (Å²) in [6.45, 7) is 4.80. The van der Waals surface area contributed by atoms with Crippen LogP contribution in [0.15, 0.2) is 0 Å². The molecule has 2 unspecified atom stereocenters. The fourth-order valence-electron chi connectivity index (χ4n) is 5.54. The fraction of sp³-hybridized carbons (Fsp3) is 0.943. The van der Waals surface area contributed by atoms with E-state index in [4.69, 9.17) is 14.4 Å². The van der Waals surface area contributed by atoms with Gasteiger partial charge in [-0.15, -0.1) is 0 Å². The van der Waals surface area contributed by atoms with E-state index in [0.29, 0.717) is 19.4 Å². The minimum Gasteiger partial charge on any atom is -0.756 e. The monoisotopic (exact) mass is 663 g/mol. The van der Waals surface area contributed by atoms with Crippen LogP contribution in [0.25, 0.3) is 0 Å². The average Bonchev–Trinajstić information content (AvgIpc) is 2.96. The molecular weight excluding hydrogens is 593 g/mol. The minimum absolute atomic E-state index is 0.0382. The Balaban J connectivity index is 4.43. The van der Waals surface area contributed by atoms with Gasteiger partial charge in [-0.3, -0.25) is 14.2 Å². The predicted octanol–water partition coefficient (Wildman–Crippen LogP) is 8.40. The van der Waals surface area contributed by atoms with Crippen molar-refractivity contribution in [3.63, 3.8) is 0 Å². The summed E-state index contributed by atoms with van der Waals surface area (Å²) < 4.78 is 27.0. The minimum atomic E-state index is -4.81. The van der Waals surface area contributed by atoms with Gasteiger partial charge in [0.05, 0.1) is 14.1 Å². The summed E-state index contributed by atoms with van der Waals surface area (Å²) >= 11 is 0. The van der Waals surface area contributed by atoms with Crippen LogP contribution in [0.5, 0.6) is 0 Å². The third-order valence-corrected chi connectivity index (χ3v) is 8.86. The van der Waals surface area contributed by atoms with Crippen LogP contribution in [0.3, 0.4) is 0 Å². The van der Waals surface area contributed by atoms with Crippen LogP contribution in [0, 0.1) is 0 Å². The molecule has 0 amide bonds. The molecule has 0 aromatic carbocycles. The Bertz CT molecular complexity index is 758. The first-order chi connectivity index (χ1) is 21.5.